The second-order valence-electron chi connectivity index (χ2n) is 6.37. The summed E-state index contributed by atoms with van der Waals surface area (Å²) < 4.78 is 27.9. The Bertz CT molecular complexity index is 858. The van der Waals surface area contributed by atoms with Crippen LogP contribution in [0.4, 0.5) is 11.6 Å². The third-order valence-corrected chi connectivity index (χ3v) is 6.70. The highest BCUT2D eigenvalue weighted by Crippen LogP contribution is 2.26. The van der Waals surface area contributed by atoms with Crippen molar-refractivity contribution in [3.63, 3.8) is 0 Å². The second kappa shape index (κ2) is 10.6. The number of aliphatic hydroxyl groups is 1. The summed E-state index contributed by atoms with van der Waals surface area (Å²) in [5.74, 6) is 2.47. The van der Waals surface area contributed by atoms with E-state index in [4.69, 9.17) is 4.42 Å². The van der Waals surface area contributed by atoms with Crippen molar-refractivity contribution in [1.82, 2.24) is 13.1 Å². The number of rotatable bonds is 10. The Balaban J connectivity index is 1.96. The maximum atomic E-state index is 12.0. The molecule has 0 aliphatic rings. The SMILES string of the molecule is C/C(=C\S/C(=C/O)S(=O)N(C)C)Nc1nsnc1NCc1cc(C(C)C)co1. The van der Waals surface area contributed by atoms with E-state index in [-0.39, 0.29) is 0 Å². The van der Waals surface area contributed by atoms with Crippen LogP contribution in [0.25, 0.3) is 0 Å². The molecule has 0 amide bonds. The van der Waals surface area contributed by atoms with Crippen molar-refractivity contribution in [1.29, 1.82) is 0 Å². The predicted octanol–water partition coefficient (Wildman–Crippen LogP) is 4.46. The quantitative estimate of drug-likeness (QED) is 0.463. The maximum Gasteiger partial charge on any atom is 0.188 e. The Kier molecular flexibility index (Phi) is 8.55. The minimum Gasteiger partial charge on any atom is -0.514 e. The van der Waals surface area contributed by atoms with Gasteiger partial charge in [0.15, 0.2) is 11.6 Å². The lowest BCUT2D eigenvalue weighted by atomic mass is 10.1. The first-order valence-corrected chi connectivity index (χ1v) is 11.2. The van der Waals surface area contributed by atoms with Crippen molar-refractivity contribution in [2.24, 2.45) is 0 Å². The normalized spacial score (nSPS) is 14.0. The Morgan fingerprint density at radius 1 is 1.43 bits per heavy atom. The highest BCUT2D eigenvalue weighted by atomic mass is 32.2. The van der Waals surface area contributed by atoms with Crippen LogP contribution in [0, 0.1) is 0 Å². The van der Waals surface area contributed by atoms with Gasteiger partial charge in [0, 0.05) is 5.70 Å². The zero-order valence-electron chi connectivity index (χ0n) is 16.4. The van der Waals surface area contributed by atoms with Crippen LogP contribution in [0.3, 0.4) is 0 Å². The smallest absolute Gasteiger partial charge is 0.188 e. The summed E-state index contributed by atoms with van der Waals surface area (Å²) in [6, 6.07) is 2.03. The van der Waals surface area contributed by atoms with E-state index in [9.17, 15) is 9.32 Å². The number of aromatic nitrogens is 2. The van der Waals surface area contributed by atoms with Crippen LogP contribution < -0.4 is 10.6 Å². The molecule has 2 heterocycles. The Morgan fingerprint density at radius 3 is 2.75 bits per heavy atom. The highest BCUT2D eigenvalue weighted by molar-refractivity contribution is 8.17. The van der Waals surface area contributed by atoms with E-state index in [1.807, 2.05) is 13.0 Å². The van der Waals surface area contributed by atoms with E-state index in [0.29, 0.717) is 28.3 Å². The first kappa shape index (κ1) is 22.5. The van der Waals surface area contributed by atoms with E-state index in [1.54, 1.807) is 25.8 Å². The number of furan rings is 1. The third-order valence-electron chi connectivity index (χ3n) is 3.54. The van der Waals surface area contributed by atoms with Crippen LogP contribution in [0.2, 0.25) is 0 Å². The number of allylic oxidation sites excluding steroid dienone is 1. The van der Waals surface area contributed by atoms with E-state index >= 15 is 0 Å². The van der Waals surface area contributed by atoms with Gasteiger partial charge in [-0.05, 0) is 44.0 Å². The summed E-state index contributed by atoms with van der Waals surface area (Å²) >= 11 is 2.27. The molecule has 28 heavy (non-hydrogen) atoms. The fourth-order valence-electron chi connectivity index (χ4n) is 2.01. The van der Waals surface area contributed by atoms with E-state index in [2.05, 4.69) is 33.2 Å². The molecule has 0 aliphatic carbocycles. The van der Waals surface area contributed by atoms with Gasteiger partial charge in [-0.1, -0.05) is 25.6 Å². The van der Waals surface area contributed by atoms with E-state index in [1.165, 1.54) is 16.1 Å². The molecule has 0 aromatic carbocycles. The second-order valence-corrected chi connectivity index (χ2v) is 9.74. The van der Waals surface area contributed by atoms with Crippen molar-refractivity contribution in [2.45, 2.75) is 33.2 Å². The highest BCUT2D eigenvalue weighted by Gasteiger charge is 2.12. The molecule has 11 heteroatoms. The topological polar surface area (TPSA) is 104 Å². The van der Waals surface area contributed by atoms with Gasteiger partial charge in [0.05, 0.1) is 24.5 Å². The van der Waals surface area contributed by atoms with Gasteiger partial charge in [-0.25, -0.2) is 8.51 Å². The molecular weight excluding hydrogens is 418 g/mol. The number of hydrogen-bond acceptors (Lipinski definition) is 9. The number of nitrogens with zero attached hydrogens (tertiary/aromatic N) is 3. The number of thioether (sulfide) groups is 1. The summed E-state index contributed by atoms with van der Waals surface area (Å²) in [6.45, 7) is 6.59. The molecular formula is C17H25N5O3S3. The Morgan fingerprint density at radius 2 is 2.14 bits per heavy atom. The maximum absolute atomic E-state index is 12.0. The lowest BCUT2D eigenvalue weighted by Gasteiger charge is -2.10. The van der Waals surface area contributed by atoms with Gasteiger partial charge in [-0.2, -0.15) is 8.75 Å². The molecule has 3 N–H and O–H groups in total. The third kappa shape index (κ3) is 6.36. The van der Waals surface area contributed by atoms with Crippen molar-refractivity contribution >= 4 is 46.1 Å². The number of anilines is 2. The number of hydrogen-bond donors (Lipinski definition) is 3. The average Bonchev–Trinajstić information content (AvgIpc) is 3.29. The van der Waals surface area contributed by atoms with Gasteiger partial charge in [-0.15, -0.1) is 0 Å². The molecule has 2 aromatic heterocycles. The van der Waals surface area contributed by atoms with Crippen molar-refractivity contribution < 1.29 is 13.7 Å². The molecule has 1 atom stereocenters. The van der Waals surface area contributed by atoms with Crippen LogP contribution in [0.1, 0.15) is 38.0 Å². The van der Waals surface area contributed by atoms with Crippen LogP contribution in [0.15, 0.2) is 38.4 Å². The summed E-state index contributed by atoms with van der Waals surface area (Å²) in [7, 11) is 1.95. The molecule has 8 nitrogen and oxygen atoms in total. The van der Waals surface area contributed by atoms with Crippen molar-refractivity contribution in [3.8, 4) is 0 Å². The van der Waals surface area contributed by atoms with Gasteiger partial charge in [-0.3, -0.25) is 0 Å². The Hall–Kier alpha value is -1.82. The van der Waals surface area contributed by atoms with Gasteiger partial charge in [0.1, 0.15) is 27.2 Å². The summed E-state index contributed by atoms with van der Waals surface area (Å²) in [5, 5.41) is 17.4. The molecule has 1 unspecified atom stereocenters. The fraction of sp³-hybridized carbons (Fsp3) is 0.412. The van der Waals surface area contributed by atoms with Crippen LogP contribution >= 0.6 is 23.5 Å². The standard InChI is InChI=1S/C17H25N5O3S3/c1-11(2)13-6-14(25-9-13)7-18-16-17(21-27-20-16)19-12(3)10-26-15(8-23)28(24)22(4)5/h6,8-11,23H,7H2,1-5H3,(H,18,20)(H,19,21)/b12-10+,15-8-. The molecule has 0 radical (unpaired) electrons. The van der Waals surface area contributed by atoms with Gasteiger partial charge in [0.2, 0.25) is 0 Å². The molecule has 2 aromatic rings. The summed E-state index contributed by atoms with van der Waals surface area (Å²) in [4.78, 5) is 0. The molecule has 0 spiro atoms. The molecule has 154 valence electrons. The minimum absolute atomic E-state index is 0.333. The monoisotopic (exact) mass is 443 g/mol. The lowest BCUT2D eigenvalue weighted by molar-refractivity contribution is 0.473. The van der Waals surface area contributed by atoms with Crippen LogP contribution in [-0.2, 0) is 17.5 Å². The van der Waals surface area contributed by atoms with Crippen molar-refractivity contribution in [2.75, 3.05) is 24.7 Å². The first-order valence-electron chi connectivity index (χ1n) is 8.49. The molecule has 0 fully saturated rings. The molecule has 2 rings (SSSR count). The van der Waals surface area contributed by atoms with Crippen LogP contribution in [0.5, 0.6) is 0 Å². The van der Waals surface area contributed by atoms with E-state index in [0.717, 1.165) is 35.0 Å². The van der Waals surface area contributed by atoms with Crippen LogP contribution in [-0.4, -0.2) is 36.5 Å². The Labute approximate surface area is 176 Å². The van der Waals surface area contributed by atoms with Crippen molar-refractivity contribution in [3.05, 3.63) is 45.3 Å². The fourth-order valence-corrected chi connectivity index (χ4v) is 4.28. The summed E-state index contributed by atoms with van der Waals surface area (Å²) in [5.41, 5.74) is 1.93. The minimum atomic E-state index is -1.41. The largest absolute Gasteiger partial charge is 0.514 e. The number of aliphatic hydroxyl groups excluding tert-OH is 1. The molecule has 0 bridgehead atoms. The van der Waals surface area contributed by atoms with Gasteiger partial charge >= 0.3 is 0 Å². The molecule has 0 saturated heterocycles. The zero-order chi connectivity index (χ0) is 20.7. The zero-order valence-corrected chi connectivity index (χ0v) is 18.9. The van der Waals surface area contributed by atoms with Gasteiger partial charge in [0.25, 0.3) is 0 Å². The number of nitrogens with one attached hydrogen (secondary N) is 2. The van der Waals surface area contributed by atoms with E-state index < -0.39 is 11.0 Å². The molecule has 0 aliphatic heterocycles. The average molecular weight is 444 g/mol. The first-order chi connectivity index (χ1) is 13.3. The molecule has 0 saturated carbocycles. The summed E-state index contributed by atoms with van der Waals surface area (Å²) in [6.07, 6.45) is 2.63. The van der Waals surface area contributed by atoms with Gasteiger partial charge < -0.3 is 20.2 Å². The predicted molar refractivity (Wildman–Crippen MR) is 118 cm³/mol. The lowest BCUT2D eigenvalue weighted by Crippen LogP contribution is -2.15.